The van der Waals surface area contributed by atoms with Crippen LogP contribution in [0.3, 0.4) is 0 Å². The van der Waals surface area contributed by atoms with Gasteiger partial charge in [-0.05, 0) is 12.1 Å². The number of hydrogen-bond acceptors (Lipinski definition) is 5. The van der Waals surface area contributed by atoms with E-state index in [0.29, 0.717) is 17.3 Å². The van der Waals surface area contributed by atoms with Gasteiger partial charge in [-0.2, -0.15) is 0 Å². The molecule has 120 valence electrons. The zero-order chi connectivity index (χ0) is 16.8. The van der Waals surface area contributed by atoms with Crippen LogP contribution in [0.4, 0.5) is 5.82 Å². The van der Waals surface area contributed by atoms with Gasteiger partial charge in [0.1, 0.15) is 0 Å². The van der Waals surface area contributed by atoms with Crippen molar-refractivity contribution >= 4 is 29.2 Å². The number of anilines is 1. The maximum Gasteiger partial charge on any atom is 0.273 e. The van der Waals surface area contributed by atoms with Crippen molar-refractivity contribution in [3.05, 3.63) is 41.2 Å². The highest BCUT2D eigenvalue weighted by Crippen LogP contribution is 2.20. The van der Waals surface area contributed by atoms with Gasteiger partial charge >= 0.3 is 0 Å². The van der Waals surface area contributed by atoms with Crippen LogP contribution in [-0.2, 0) is 4.79 Å². The van der Waals surface area contributed by atoms with Crippen LogP contribution in [0.2, 0.25) is 5.02 Å². The molecule has 0 bridgehead atoms. The number of carbonyl (C=O) groups excluding carboxylic acids is 2. The largest absolute Gasteiger partial charge is 0.382 e. The molecule has 0 fully saturated rings. The van der Waals surface area contributed by atoms with Crippen LogP contribution >= 0.6 is 11.6 Å². The first-order valence-electron chi connectivity index (χ1n) is 6.88. The second-order valence-electron chi connectivity index (χ2n) is 4.73. The molecule has 0 aliphatic heterocycles. The third-order valence-corrected chi connectivity index (χ3v) is 3.19. The van der Waals surface area contributed by atoms with Gasteiger partial charge in [0.25, 0.3) is 5.91 Å². The van der Waals surface area contributed by atoms with E-state index in [1.807, 2.05) is 0 Å². The van der Waals surface area contributed by atoms with E-state index >= 15 is 0 Å². The zero-order valence-corrected chi connectivity index (χ0v) is 13.2. The molecule has 0 saturated heterocycles. The SMILES string of the molecule is CC(=O)NCCNC(=O)c1nc(-c2ccc(Cl)cc2)cnc1N. The number of halogens is 1. The fourth-order valence-corrected chi connectivity index (χ4v) is 1.95. The molecule has 0 aliphatic carbocycles. The number of hydrogen-bond donors (Lipinski definition) is 3. The second kappa shape index (κ2) is 7.55. The van der Waals surface area contributed by atoms with Gasteiger partial charge < -0.3 is 16.4 Å². The van der Waals surface area contributed by atoms with Crippen LogP contribution in [0.15, 0.2) is 30.5 Å². The smallest absolute Gasteiger partial charge is 0.273 e. The highest BCUT2D eigenvalue weighted by atomic mass is 35.5. The van der Waals surface area contributed by atoms with Crippen LogP contribution in [0.5, 0.6) is 0 Å². The first kappa shape index (κ1) is 16.7. The minimum absolute atomic E-state index is 0.0414. The van der Waals surface area contributed by atoms with Crippen LogP contribution in [-0.4, -0.2) is 34.9 Å². The summed E-state index contributed by atoms with van der Waals surface area (Å²) >= 11 is 5.85. The summed E-state index contributed by atoms with van der Waals surface area (Å²) in [6.07, 6.45) is 1.49. The summed E-state index contributed by atoms with van der Waals surface area (Å²) in [4.78, 5) is 31.1. The quantitative estimate of drug-likeness (QED) is 0.713. The number of aromatic nitrogens is 2. The third kappa shape index (κ3) is 4.65. The molecule has 0 radical (unpaired) electrons. The summed E-state index contributed by atoms with van der Waals surface area (Å²) in [5, 5.41) is 5.81. The highest BCUT2D eigenvalue weighted by molar-refractivity contribution is 6.30. The molecule has 0 saturated carbocycles. The van der Waals surface area contributed by atoms with Crippen LogP contribution in [0.1, 0.15) is 17.4 Å². The Bertz CT molecular complexity index is 718. The van der Waals surface area contributed by atoms with Crippen LogP contribution in [0.25, 0.3) is 11.3 Å². The van der Waals surface area contributed by atoms with Crippen molar-refractivity contribution in [2.24, 2.45) is 0 Å². The van der Waals surface area contributed by atoms with E-state index < -0.39 is 5.91 Å². The number of benzene rings is 1. The average molecular weight is 334 g/mol. The van der Waals surface area contributed by atoms with Gasteiger partial charge in [0, 0.05) is 30.6 Å². The molecule has 8 heteroatoms. The topological polar surface area (TPSA) is 110 Å². The Kier molecular flexibility index (Phi) is 5.48. The van der Waals surface area contributed by atoms with Crippen molar-refractivity contribution < 1.29 is 9.59 Å². The molecule has 0 spiro atoms. The van der Waals surface area contributed by atoms with Gasteiger partial charge in [0.15, 0.2) is 11.5 Å². The van der Waals surface area contributed by atoms with Crippen molar-refractivity contribution in [2.45, 2.75) is 6.92 Å². The maximum atomic E-state index is 12.1. The van der Waals surface area contributed by atoms with Gasteiger partial charge in [0.2, 0.25) is 5.91 Å². The maximum absolute atomic E-state index is 12.1. The molecule has 4 N–H and O–H groups in total. The molecular formula is C15H16ClN5O2. The summed E-state index contributed by atoms with van der Waals surface area (Å²) in [5.41, 5.74) is 7.05. The molecule has 7 nitrogen and oxygen atoms in total. The zero-order valence-electron chi connectivity index (χ0n) is 12.5. The molecule has 0 unspecified atom stereocenters. The van der Waals surface area contributed by atoms with E-state index in [9.17, 15) is 9.59 Å². The minimum Gasteiger partial charge on any atom is -0.382 e. The van der Waals surface area contributed by atoms with Gasteiger partial charge in [-0.3, -0.25) is 9.59 Å². The van der Waals surface area contributed by atoms with Gasteiger partial charge in [-0.1, -0.05) is 23.7 Å². The van der Waals surface area contributed by atoms with E-state index in [1.54, 1.807) is 24.3 Å². The van der Waals surface area contributed by atoms with Gasteiger partial charge in [-0.15, -0.1) is 0 Å². The van der Waals surface area contributed by atoms with Crippen LogP contribution in [0, 0.1) is 0 Å². The van der Waals surface area contributed by atoms with E-state index in [0.717, 1.165) is 5.56 Å². The summed E-state index contributed by atoms with van der Waals surface area (Å²) in [6.45, 7) is 2.00. The molecule has 2 rings (SSSR count). The molecule has 23 heavy (non-hydrogen) atoms. The number of rotatable bonds is 5. The Balaban J connectivity index is 2.12. The van der Waals surface area contributed by atoms with Crippen molar-refractivity contribution in [2.75, 3.05) is 18.8 Å². The minimum atomic E-state index is -0.448. The molecule has 0 aliphatic rings. The number of carbonyl (C=O) groups is 2. The number of amides is 2. The van der Waals surface area contributed by atoms with Crippen molar-refractivity contribution in [1.82, 2.24) is 20.6 Å². The predicted octanol–water partition coefficient (Wildman–Crippen LogP) is 1.25. The first-order chi connectivity index (χ1) is 11.0. The number of nitrogen functional groups attached to an aromatic ring is 1. The Morgan fingerprint density at radius 3 is 2.48 bits per heavy atom. The lowest BCUT2D eigenvalue weighted by Crippen LogP contribution is -2.34. The average Bonchev–Trinajstić information content (AvgIpc) is 2.52. The summed E-state index contributed by atoms with van der Waals surface area (Å²) in [7, 11) is 0. The summed E-state index contributed by atoms with van der Waals surface area (Å²) in [5.74, 6) is -0.570. The Hall–Kier alpha value is -2.67. The highest BCUT2D eigenvalue weighted by Gasteiger charge is 2.14. The van der Waals surface area contributed by atoms with Gasteiger partial charge in [-0.25, -0.2) is 9.97 Å². The second-order valence-corrected chi connectivity index (χ2v) is 5.17. The first-order valence-corrected chi connectivity index (χ1v) is 7.26. The Labute approximate surface area is 138 Å². The monoisotopic (exact) mass is 333 g/mol. The standard InChI is InChI=1S/C15H16ClN5O2/c1-9(22)18-6-7-19-15(23)13-14(17)20-8-12(21-13)10-2-4-11(16)5-3-10/h2-5,8H,6-7H2,1H3,(H2,17,20)(H,18,22)(H,19,23). The van der Waals surface area contributed by atoms with E-state index in [1.165, 1.54) is 13.1 Å². The molecule has 1 heterocycles. The predicted molar refractivity (Wildman–Crippen MR) is 87.9 cm³/mol. The molecule has 2 amide bonds. The lowest BCUT2D eigenvalue weighted by atomic mass is 10.1. The lowest BCUT2D eigenvalue weighted by molar-refractivity contribution is -0.118. The lowest BCUT2D eigenvalue weighted by Gasteiger charge is -2.08. The van der Waals surface area contributed by atoms with Crippen molar-refractivity contribution in [3.8, 4) is 11.3 Å². The van der Waals surface area contributed by atoms with E-state index in [2.05, 4.69) is 20.6 Å². The Morgan fingerprint density at radius 1 is 1.17 bits per heavy atom. The molecule has 1 aromatic heterocycles. The third-order valence-electron chi connectivity index (χ3n) is 2.94. The fraction of sp³-hybridized carbons (Fsp3) is 0.200. The van der Waals surface area contributed by atoms with E-state index in [-0.39, 0.29) is 24.0 Å². The normalized spacial score (nSPS) is 10.2. The molecule has 2 aromatic rings. The summed E-state index contributed by atoms with van der Waals surface area (Å²) in [6, 6.07) is 7.01. The van der Waals surface area contributed by atoms with E-state index in [4.69, 9.17) is 17.3 Å². The van der Waals surface area contributed by atoms with Gasteiger partial charge in [0.05, 0.1) is 11.9 Å². The summed E-state index contributed by atoms with van der Waals surface area (Å²) < 4.78 is 0. The van der Waals surface area contributed by atoms with Crippen molar-refractivity contribution in [1.29, 1.82) is 0 Å². The molecule has 1 aromatic carbocycles. The molecule has 0 atom stereocenters. The Morgan fingerprint density at radius 2 is 1.83 bits per heavy atom. The number of nitrogens with one attached hydrogen (secondary N) is 2. The van der Waals surface area contributed by atoms with Crippen molar-refractivity contribution in [3.63, 3.8) is 0 Å². The fourth-order valence-electron chi connectivity index (χ4n) is 1.82. The van der Waals surface area contributed by atoms with Crippen LogP contribution < -0.4 is 16.4 Å². The molecular weight excluding hydrogens is 318 g/mol. The number of nitrogens with two attached hydrogens (primary N) is 1. The number of nitrogens with zero attached hydrogens (tertiary/aromatic N) is 2.